The van der Waals surface area contributed by atoms with E-state index in [0.29, 0.717) is 22.4 Å². The van der Waals surface area contributed by atoms with Gasteiger partial charge in [0.25, 0.3) is 0 Å². The molecule has 4 rings (SSSR count). The van der Waals surface area contributed by atoms with E-state index in [4.69, 9.17) is 18.6 Å². The molecule has 0 unspecified atom stereocenters. The van der Waals surface area contributed by atoms with Gasteiger partial charge in [0.2, 0.25) is 12.6 Å². The molecule has 7 heteroatoms. The number of para-hydroxylation sites is 1. The lowest BCUT2D eigenvalue weighted by atomic mass is 10.1. The van der Waals surface area contributed by atoms with Crippen molar-refractivity contribution < 1.29 is 28.2 Å². The molecule has 1 aliphatic rings. The molecule has 0 aliphatic carbocycles. The zero-order valence-electron chi connectivity index (χ0n) is 13.4. The number of rotatable bonds is 4. The molecule has 0 saturated heterocycles. The van der Waals surface area contributed by atoms with Gasteiger partial charge in [0.05, 0.1) is 5.39 Å². The molecule has 0 spiro atoms. The van der Waals surface area contributed by atoms with Crippen molar-refractivity contribution in [3.8, 4) is 11.5 Å². The van der Waals surface area contributed by atoms with Crippen molar-refractivity contribution in [3.05, 3.63) is 70.1 Å². The number of carbonyl (C=O) groups is 2. The first-order valence-corrected chi connectivity index (χ1v) is 7.75. The molecule has 3 aromatic rings. The summed E-state index contributed by atoms with van der Waals surface area (Å²) in [5.74, 6) is -0.548. The summed E-state index contributed by atoms with van der Waals surface area (Å²) in [6.07, 6.45) is 0. The molecule has 2 heterocycles. The van der Waals surface area contributed by atoms with Crippen molar-refractivity contribution in [2.24, 2.45) is 0 Å². The van der Waals surface area contributed by atoms with Crippen LogP contribution in [0.1, 0.15) is 20.9 Å². The maximum atomic E-state index is 12.2. The maximum absolute atomic E-state index is 12.2. The second-order valence-corrected chi connectivity index (χ2v) is 5.54. The monoisotopic (exact) mass is 352 g/mol. The summed E-state index contributed by atoms with van der Waals surface area (Å²) < 4.78 is 20.7. The van der Waals surface area contributed by atoms with Crippen molar-refractivity contribution >= 4 is 22.7 Å². The third-order valence-corrected chi connectivity index (χ3v) is 3.86. The van der Waals surface area contributed by atoms with Crippen molar-refractivity contribution in [2.75, 3.05) is 13.4 Å². The van der Waals surface area contributed by atoms with E-state index in [1.165, 1.54) is 6.07 Å². The van der Waals surface area contributed by atoms with Crippen LogP contribution >= 0.6 is 0 Å². The summed E-state index contributed by atoms with van der Waals surface area (Å²) >= 11 is 0. The van der Waals surface area contributed by atoms with E-state index >= 15 is 0 Å². The molecule has 0 N–H and O–H groups in total. The number of hydrogen-bond donors (Lipinski definition) is 0. The highest BCUT2D eigenvalue weighted by Crippen LogP contribution is 2.32. The van der Waals surface area contributed by atoms with E-state index in [-0.39, 0.29) is 23.6 Å². The number of benzene rings is 2. The average molecular weight is 352 g/mol. The fourth-order valence-electron chi connectivity index (χ4n) is 2.56. The highest BCUT2D eigenvalue weighted by molar-refractivity contribution is 5.99. The van der Waals surface area contributed by atoms with Crippen LogP contribution < -0.4 is 14.9 Å². The van der Waals surface area contributed by atoms with Crippen molar-refractivity contribution in [1.29, 1.82) is 0 Å². The topological polar surface area (TPSA) is 92.0 Å². The molecule has 2 aromatic carbocycles. The third-order valence-electron chi connectivity index (χ3n) is 3.86. The van der Waals surface area contributed by atoms with Crippen LogP contribution in [-0.2, 0) is 4.74 Å². The summed E-state index contributed by atoms with van der Waals surface area (Å²) in [5.41, 5.74) is 0.233. The number of esters is 1. The van der Waals surface area contributed by atoms with Crippen molar-refractivity contribution in [3.63, 3.8) is 0 Å². The summed E-state index contributed by atoms with van der Waals surface area (Å²) in [6.45, 7) is -0.391. The standard InChI is InChI=1S/C19H12O7/c20-13-8-18(26-15-4-2-1-3-12(13)15)19(22)23-9-14(21)11-5-6-16-17(7-11)25-10-24-16/h1-8H,9-10H2. The number of hydrogen-bond acceptors (Lipinski definition) is 7. The van der Waals surface area contributed by atoms with Crippen molar-refractivity contribution in [1.82, 2.24) is 0 Å². The molecule has 7 nitrogen and oxygen atoms in total. The Bertz CT molecular complexity index is 1080. The molecular formula is C19H12O7. The van der Waals surface area contributed by atoms with Gasteiger partial charge in [-0.1, -0.05) is 12.1 Å². The van der Waals surface area contributed by atoms with Gasteiger partial charge in [-0.3, -0.25) is 9.59 Å². The molecule has 0 saturated carbocycles. The maximum Gasteiger partial charge on any atom is 0.374 e. The Morgan fingerprint density at radius 2 is 1.81 bits per heavy atom. The Balaban J connectivity index is 1.48. The molecule has 0 fully saturated rings. The van der Waals surface area contributed by atoms with Gasteiger partial charge in [-0.2, -0.15) is 0 Å². The summed E-state index contributed by atoms with van der Waals surface area (Å²) in [6, 6.07) is 12.3. The molecule has 0 radical (unpaired) electrons. The van der Waals surface area contributed by atoms with E-state index < -0.39 is 18.4 Å². The highest BCUT2D eigenvalue weighted by atomic mass is 16.7. The van der Waals surface area contributed by atoms with E-state index in [1.807, 2.05) is 0 Å². The molecular weight excluding hydrogens is 340 g/mol. The normalized spacial score (nSPS) is 12.2. The van der Waals surface area contributed by atoms with E-state index in [1.54, 1.807) is 36.4 Å². The van der Waals surface area contributed by atoms with Gasteiger partial charge in [0.15, 0.2) is 29.3 Å². The second-order valence-electron chi connectivity index (χ2n) is 5.54. The zero-order valence-corrected chi connectivity index (χ0v) is 13.4. The number of Topliss-reactive ketones (excluding diaryl/α,β-unsaturated/α-hetero) is 1. The summed E-state index contributed by atoms with van der Waals surface area (Å²) in [4.78, 5) is 36.3. The fourth-order valence-corrected chi connectivity index (χ4v) is 2.56. The fraction of sp³-hybridized carbons (Fsp3) is 0.105. The number of carbonyl (C=O) groups excluding carboxylic acids is 2. The first kappa shape index (κ1) is 15.9. The highest BCUT2D eigenvalue weighted by Gasteiger charge is 2.19. The molecule has 0 bridgehead atoms. The first-order valence-electron chi connectivity index (χ1n) is 7.75. The zero-order chi connectivity index (χ0) is 18.1. The molecule has 26 heavy (non-hydrogen) atoms. The Morgan fingerprint density at radius 3 is 2.69 bits per heavy atom. The predicted octanol–water partition coefficient (Wildman–Crippen LogP) is 2.56. The lowest BCUT2D eigenvalue weighted by molar-refractivity contribution is 0.0444. The quantitative estimate of drug-likeness (QED) is 0.526. The van der Waals surface area contributed by atoms with Gasteiger partial charge >= 0.3 is 5.97 Å². The Kier molecular flexibility index (Phi) is 3.89. The lowest BCUT2D eigenvalue weighted by Crippen LogP contribution is -2.16. The Labute approximate surface area is 146 Å². The van der Waals surface area contributed by atoms with Crippen LogP contribution in [-0.4, -0.2) is 25.2 Å². The number of ketones is 1. The van der Waals surface area contributed by atoms with Gasteiger partial charge in [-0.15, -0.1) is 0 Å². The number of fused-ring (bicyclic) bond motifs is 2. The molecule has 0 atom stereocenters. The summed E-state index contributed by atoms with van der Waals surface area (Å²) in [7, 11) is 0. The SMILES string of the molecule is O=C(COC(=O)c1cc(=O)c2ccccc2o1)c1ccc2c(c1)OCO2. The van der Waals surface area contributed by atoms with E-state index in [9.17, 15) is 14.4 Å². The minimum Gasteiger partial charge on any atom is -0.454 e. The van der Waals surface area contributed by atoms with Crippen LogP contribution in [0.25, 0.3) is 11.0 Å². The van der Waals surface area contributed by atoms with Crippen LogP contribution in [0.4, 0.5) is 0 Å². The van der Waals surface area contributed by atoms with Gasteiger partial charge in [-0.25, -0.2) is 4.79 Å². The first-order chi connectivity index (χ1) is 12.6. The van der Waals surface area contributed by atoms with Gasteiger partial charge < -0.3 is 18.6 Å². The Morgan fingerprint density at radius 1 is 1.00 bits per heavy atom. The van der Waals surface area contributed by atoms with Crippen LogP contribution in [0, 0.1) is 0 Å². The Hall–Kier alpha value is -3.61. The largest absolute Gasteiger partial charge is 0.454 e. The van der Waals surface area contributed by atoms with Gasteiger partial charge in [0.1, 0.15) is 5.58 Å². The smallest absolute Gasteiger partial charge is 0.374 e. The van der Waals surface area contributed by atoms with Gasteiger partial charge in [0, 0.05) is 11.6 Å². The van der Waals surface area contributed by atoms with Crippen LogP contribution in [0.15, 0.2) is 57.7 Å². The minimum atomic E-state index is -0.887. The second kappa shape index (κ2) is 6.36. The minimum absolute atomic E-state index is 0.100. The predicted molar refractivity (Wildman–Crippen MR) is 89.7 cm³/mol. The van der Waals surface area contributed by atoms with Gasteiger partial charge in [-0.05, 0) is 30.3 Å². The molecule has 0 amide bonds. The number of ether oxygens (including phenoxy) is 3. The van der Waals surface area contributed by atoms with Crippen LogP contribution in [0.5, 0.6) is 11.5 Å². The van der Waals surface area contributed by atoms with Crippen LogP contribution in [0.2, 0.25) is 0 Å². The van der Waals surface area contributed by atoms with Crippen LogP contribution in [0.3, 0.4) is 0 Å². The third kappa shape index (κ3) is 2.90. The molecule has 1 aliphatic heterocycles. The van der Waals surface area contributed by atoms with E-state index in [2.05, 4.69) is 0 Å². The molecule has 130 valence electrons. The van der Waals surface area contributed by atoms with E-state index in [0.717, 1.165) is 6.07 Å². The van der Waals surface area contributed by atoms with Crippen molar-refractivity contribution in [2.45, 2.75) is 0 Å². The lowest BCUT2D eigenvalue weighted by Gasteiger charge is -2.05. The molecule has 1 aromatic heterocycles. The summed E-state index contributed by atoms with van der Waals surface area (Å²) in [5, 5.41) is 0.362. The average Bonchev–Trinajstić information content (AvgIpc) is 3.13.